The van der Waals surface area contributed by atoms with Gasteiger partial charge in [-0.1, -0.05) is 12.1 Å². The summed E-state index contributed by atoms with van der Waals surface area (Å²) in [5.74, 6) is -1.70. The van der Waals surface area contributed by atoms with E-state index in [-0.39, 0.29) is 24.8 Å². The molecule has 0 aliphatic rings. The number of aryl methyl sites for hydroxylation is 1. The van der Waals surface area contributed by atoms with Crippen molar-refractivity contribution in [1.29, 1.82) is 0 Å². The molecule has 0 unspecified atom stereocenters. The summed E-state index contributed by atoms with van der Waals surface area (Å²) in [5, 5.41) is 2.67. The van der Waals surface area contributed by atoms with Gasteiger partial charge in [0.1, 0.15) is 10.7 Å². The van der Waals surface area contributed by atoms with Crippen LogP contribution in [0.2, 0.25) is 0 Å². The lowest BCUT2D eigenvalue weighted by molar-refractivity contribution is -0.138. The number of nitrogens with one attached hydrogen (secondary N) is 1. The average molecular weight is 392 g/mol. The van der Waals surface area contributed by atoms with E-state index < -0.39 is 18.5 Å². The number of esters is 1. The van der Waals surface area contributed by atoms with Crippen molar-refractivity contribution in [1.82, 2.24) is 10.2 Å². The monoisotopic (exact) mass is 392 g/mol. The molecular weight excluding hydrogens is 371 g/mol. The third-order valence-corrected chi connectivity index (χ3v) is 4.72. The minimum atomic E-state index is -0.557. The Bertz CT molecular complexity index is 804. The number of benzene rings is 1. The largest absolute Gasteiger partial charge is 0.451 e. The van der Waals surface area contributed by atoms with E-state index in [1.54, 1.807) is 31.2 Å². The van der Waals surface area contributed by atoms with Gasteiger partial charge in [-0.05, 0) is 43.7 Å². The smallest absolute Gasteiger partial charge is 0.348 e. The highest BCUT2D eigenvalue weighted by atomic mass is 32.1. The lowest BCUT2D eigenvalue weighted by Gasteiger charge is -2.20. The molecule has 1 aromatic heterocycles. The molecule has 8 heteroatoms. The van der Waals surface area contributed by atoms with Crippen molar-refractivity contribution < 1.29 is 23.5 Å². The second-order valence-corrected chi connectivity index (χ2v) is 7.09. The predicted molar refractivity (Wildman–Crippen MR) is 99.8 cm³/mol. The Labute approximate surface area is 160 Å². The predicted octanol–water partition coefficient (Wildman–Crippen LogP) is 2.52. The van der Waals surface area contributed by atoms with Crippen molar-refractivity contribution in [3.05, 3.63) is 57.5 Å². The summed E-state index contributed by atoms with van der Waals surface area (Å²) in [4.78, 5) is 38.8. The van der Waals surface area contributed by atoms with Crippen LogP contribution in [0, 0.1) is 12.7 Å². The summed E-state index contributed by atoms with van der Waals surface area (Å²) in [6.07, 6.45) is 0. The van der Waals surface area contributed by atoms with Crippen molar-refractivity contribution >= 4 is 29.1 Å². The molecule has 0 atom stereocenters. The van der Waals surface area contributed by atoms with Gasteiger partial charge < -0.3 is 15.0 Å². The molecule has 27 heavy (non-hydrogen) atoms. The number of nitrogens with zero attached hydrogens (tertiary/aromatic N) is 1. The third kappa shape index (κ3) is 6.49. The van der Waals surface area contributed by atoms with Crippen LogP contribution in [0.5, 0.6) is 0 Å². The van der Waals surface area contributed by atoms with E-state index in [0.29, 0.717) is 11.4 Å². The van der Waals surface area contributed by atoms with Gasteiger partial charge in [-0.2, -0.15) is 0 Å². The number of hydrogen-bond donors (Lipinski definition) is 1. The van der Waals surface area contributed by atoms with Crippen LogP contribution < -0.4 is 5.32 Å². The Morgan fingerprint density at radius 3 is 2.44 bits per heavy atom. The highest BCUT2D eigenvalue weighted by Gasteiger charge is 2.18. The Balaban J connectivity index is 1.78. The summed E-state index contributed by atoms with van der Waals surface area (Å²) in [6.45, 7) is 3.57. The van der Waals surface area contributed by atoms with Gasteiger partial charge >= 0.3 is 5.97 Å². The fourth-order valence-electron chi connectivity index (χ4n) is 2.24. The minimum absolute atomic E-state index is 0.147. The molecule has 144 valence electrons. The van der Waals surface area contributed by atoms with E-state index in [0.717, 1.165) is 10.4 Å². The van der Waals surface area contributed by atoms with Crippen LogP contribution in [-0.2, 0) is 20.9 Å². The number of halogens is 1. The van der Waals surface area contributed by atoms with Gasteiger partial charge in [0.15, 0.2) is 6.61 Å². The van der Waals surface area contributed by atoms with Gasteiger partial charge in [-0.25, -0.2) is 9.18 Å². The van der Waals surface area contributed by atoms with E-state index in [1.807, 2.05) is 6.92 Å². The summed E-state index contributed by atoms with van der Waals surface area (Å²) in [7, 11) is 0. The second-order valence-electron chi connectivity index (χ2n) is 5.80. The molecule has 1 aromatic carbocycles. The van der Waals surface area contributed by atoms with Gasteiger partial charge in [0.2, 0.25) is 5.91 Å². The highest BCUT2D eigenvalue weighted by molar-refractivity contribution is 7.13. The topological polar surface area (TPSA) is 75.7 Å². The Kier molecular flexibility index (Phi) is 7.48. The number of ether oxygens (including phenoxy) is 1. The molecule has 1 heterocycles. The highest BCUT2D eigenvalue weighted by Crippen LogP contribution is 2.15. The molecular formula is C19H21FN2O4S. The minimum Gasteiger partial charge on any atom is -0.451 e. The van der Waals surface area contributed by atoms with E-state index in [2.05, 4.69) is 5.32 Å². The van der Waals surface area contributed by atoms with Crippen molar-refractivity contribution in [2.45, 2.75) is 20.4 Å². The zero-order chi connectivity index (χ0) is 19.8. The summed E-state index contributed by atoms with van der Waals surface area (Å²) < 4.78 is 17.9. The first kappa shape index (κ1) is 20.6. The molecule has 1 N–H and O–H groups in total. The molecule has 0 aliphatic heterocycles. The van der Waals surface area contributed by atoms with Crippen LogP contribution >= 0.6 is 11.3 Å². The summed E-state index contributed by atoms with van der Waals surface area (Å²) in [6, 6.07) is 9.22. The van der Waals surface area contributed by atoms with Crippen LogP contribution in [0.25, 0.3) is 0 Å². The number of amides is 2. The number of thiophene rings is 1. The number of hydrogen-bond acceptors (Lipinski definition) is 5. The number of likely N-dealkylation sites (N-methyl/N-ethyl adjacent to an activating group) is 1. The van der Waals surface area contributed by atoms with Crippen LogP contribution in [-0.4, -0.2) is 42.4 Å². The number of carbonyl (C=O) groups excluding carboxylic acids is 3. The molecule has 0 fully saturated rings. The van der Waals surface area contributed by atoms with Crippen molar-refractivity contribution in [2.24, 2.45) is 0 Å². The molecule has 0 bridgehead atoms. The first-order chi connectivity index (χ1) is 12.9. The summed E-state index contributed by atoms with van der Waals surface area (Å²) in [5.41, 5.74) is 0.749. The molecule has 0 saturated carbocycles. The van der Waals surface area contributed by atoms with E-state index >= 15 is 0 Å². The molecule has 0 saturated heterocycles. The normalized spacial score (nSPS) is 10.3. The molecule has 2 aromatic rings. The van der Waals surface area contributed by atoms with Crippen LogP contribution in [0.4, 0.5) is 4.39 Å². The zero-order valence-corrected chi connectivity index (χ0v) is 16.0. The first-order valence-corrected chi connectivity index (χ1v) is 9.23. The maximum absolute atomic E-state index is 12.9. The van der Waals surface area contributed by atoms with E-state index in [9.17, 15) is 18.8 Å². The van der Waals surface area contributed by atoms with Crippen molar-refractivity contribution in [3.8, 4) is 0 Å². The third-order valence-electron chi connectivity index (χ3n) is 3.74. The molecule has 6 nitrogen and oxygen atoms in total. The fraction of sp³-hybridized carbons (Fsp3) is 0.316. The van der Waals surface area contributed by atoms with Gasteiger partial charge in [0.05, 0.1) is 6.54 Å². The van der Waals surface area contributed by atoms with Gasteiger partial charge in [-0.3, -0.25) is 9.59 Å². The Hall–Kier alpha value is -2.74. The number of carbonyl (C=O) groups is 3. The SMILES string of the molecule is CCN(CC(=O)NCc1ccc(F)cc1)C(=O)COC(=O)c1ccc(C)s1. The van der Waals surface area contributed by atoms with Gasteiger partial charge in [0, 0.05) is 18.0 Å². The molecule has 2 rings (SSSR count). The second kappa shape index (κ2) is 9.82. The lowest BCUT2D eigenvalue weighted by Crippen LogP contribution is -2.42. The van der Waals surface area contributed by atoms with Crippen LogP contribution in [0.1, 0.15) is 27.0 Å². The van der Waals surface area contributed by atoms with Crippen molar-refractivity contribution in [3.63, 3.8) is 0 Å². The zero-order valence-electron chi connectivity index (χ0n) is 15.2. The lowest BCUT2D eigenvalue weighted by atomic mass is 10.2. The number of rotatable bonds is 8. The van der Waals surface area contributed by atoms with E-state index in [1.165, 1.54) is 28.4 Å². The van der Waals surface area contributed by atoms with Crippen molar-refractivity contribution in [2.75, 3.05) is 19.7 Å². The quantitative estimate of drug-likeness (QED) is 0.701. The van der Waals surface area contributed by atoms with Crippen LogP contribution in [0.3, 0.4) is 0 Å². The van der Waals surface area contributed by atoms with E-state index in [4.69, 9.17) is 4.74 Å². The standard InChI is InChI=1S/C19H21FN2O4S/c1-3-22(11-17(23)21-10-14-5-7-15(20)8-6-14)18(24)12-26-19(25)16-9-4-13(2)27-16/h4-9H,3,10-12H2,1-2H3,(H,21,23). The van der Waals surface area contributed by atoms with Gasteiger partial charge in [0.25, 0.3) is 5.91 Å². The fourth-order valence-corrected chi connectivity index (χ4v) is 3.00. The average Bonchev–Trinajstić information content (AvgIpc) is 3.10. The molecule has 0 spiro atoms. The molecule has 0 aliphatic carbocycles. The maximum Gasteiger partial charge on any atom is 0.348 e. The summed E-state index contributed by atoms with van der Waals surface area (Å²) >= 11 is 1.29. The molecule has 0 radical (unpaired) electrons. The Morgan fingerprint density at radius 1 is 1.15 bits per heavy atom. The Morgan fingerprint density at radius 2 is 1.85 bits per heavy atom. The first-order valence-electron chi connectivity index (χ1n) is 8.41. The maximum atomic E-state index is 12.9. The molecule has 2 amide bonds. The van der Waals surface area contributed by atoms with Crippen LogP contribution in [0.15, 0.2) is 36.4 Å². The van der Waals surface area contributed by atoms with Gasteiger partial charge in [-0.15, -0.1) is 11.3 Å².